The molecule has 1 nitrogen and oxygen atoms in total. The highest BCUT2D eigenvalue weighted by Gasteiger charge is 2.70. The molecule has 0 heterocycles. The summed E-state index contributed by atoms with van der Waals surface area (Å²) in [5.74, 6) is 1.06. The Balaban J connectivity index is 2.07. The first kappa shape index (κ1) is 12.4. The lowest BCUT2D eigenvalue weighted by atomic mass is 9.59. The van der Waals surface area contributed by atoms with Crippen molar-refractivity contribution in [3.8, 4) is 0 Å². The number of carbonyl (C=O) groups is 1. The molecule has 0 aromatic carbocycles. The number of hydrogen-bond acceptors (Lipinski definition) is 1. The predicted molar refractivity (Wildman–Crippen MR) is 74.3 cm³/mol. The molecule has 3 aliphatic carbocycles. The number of rotatable bonds is 2. The van der Waals surface area contributed by atoms with E-state index >= 15 is 0 Å². The van der Waals surface area contributed by atoms with E-state index in [1.165, 1.54) is 44.1 Å². The van der Waals surface area contributed by atoms with E-state index in [1.807, 2.05) is 6.08 Å². The van der Waals surface area contributed by atoms with Crippen LogP contribution in [0.5, 0.6) is 0 Å². The highest BCUT2D eigenvalue weighted by atomic mass is 16.1. The lowest BCUT2D eigenvalue weighted by Crippen LogP contribution is -2.37. The Morgan fingerprint density at radius 1 is 1.17 bits per heavy atom. The molecular formula is C17H26O. The van der Waals surface area contributed by atoms with Crippen LogP contribution in [0.4, 0.5) is 0 Å². The fourth-order valence-corrected chi connectivity index (χ4v) is 6.05. The van der Waals surface area contributed by atoms with Crippen LogP contribution < -0.4 is 0 Å². The second-order valence-electron chi connectivity index (χ2n) is 7.69. The third-order valence-electron chi connectivity index (χ3n) is 7.03. The van der Waals surface area contributed by atoms with Gasteiger partial charge in [0.05, 0.1) is 0 Å². The van der Waals surface area contributed by atoms with Crippen LogP contribution in [0.2, 0.25) is 0 Å². The van der Waals surface area contributed by atoms with Gasteiger partial charge in [0.15, 0.2) is 5.78 Å². The van der Waals surface area contributed by atoms with Gasteiger partial charge in [-0.2, -0.15) is 0 Å². The van der Waals surface area contributed by atoms with Crippen LogP contribution in [0.25, 0.3) is 0 Å². The summed E-state index contributed by atoms with van der Waals surface area (Å²) in [6.45, 7) is 8.96. The van der Waals surface area contributed by atoms with E-state index in [9.17, 15) is 4.79 Å². The van der Waals surface area contributed by atoms with Crippen molar-refractivity contribution in [3.63, 3.8) is 0 Å². The highest BCUT2D eigenvalue weighted by molar-refractivity contribution is 5.88. The van der Waals surface area contributed by atoms with Crippen molar-refractivity contribution >= 4 is 5.78 Å². The molecule has 0 N–H and O–H groups in total. The van der Waals surface area contributed by atoms with E-state index in [0.29, 0.717) is 16.2 Å². The Morgan fingerprint density at radius 2 is 1.89 bits per heavy atom. The van der Waals surface area contributed by atoms with Crippen LogP contribution in [0.3, 0.4) is 0 Å². The molecule has 0 spiro atoms. The molecule has 3 saturated carbocycles. The number of allylic oxidation sites excluding steroid dienone is 2. The first-order chi connectivity index (χ1) is 8.34. The molecule has 0 saturated heterocycles. The third-order valence-corrected chi connectivity index (χ3v) is 7.03. The van der Waals surface area contributed by atoms with E-state index < -0.39 is 0 Å². The summed E-state index contributed by atoms with van der Waals surface area (Å²) in [5, 5.41) is 0. The zero-order valence-electron chi connectivity index (χ0n) is 12.3. The fraction of sp³-hybridized carbons (Fsp3) is 0.824. The molecule has 3 rings (SSSR count). The minimum Gasteiger partial charge on any atom is -0.295 e. The summed E-state index contributed by atoms with van der Waals surface area (Å²) in [4.78, 5) is 11.5. The topological polar surface area (TPSA) is 17.1 Å². The summed E-state index contributed by atoms with van der Waals surface area (Å²) in [6.07, 6.45) is 10.1. The van der Waals surface area contributed by atoms with Gasteiger partial charge < -0.3 is 0 Å². The third kappa shape index (κ3) is 1.26. The maximum atomic E-state index is 11.5. The predicted octanol–water partition coefficient (Wildman–Crippen LogP) is 4.52. The van der Waals surface area contributed by atoms with Crippen LogP contribution in [-0.2, 0) is 4.79 Å². The number of ketones is 1. The molecule has 18 heavy (non-hydrogen) atoms. The van der Waals surface area contributed by atoms with Crippen LogP contribution in [-0.4, -0.2) is 5.78 Å². The van der Waals surface area contributed by atoms with Crippen LogP contribution in [0.1, 0.15) is 66.2 Å². The van der Waals surface area contributed by atoms with Crippen molar-refractivity contribution in [2.45, 2.75) is 66.2 Å². The van der Waals surface area contributed by atoms with Crippen molar-refractivity contribution in [3.05, 3.63) is 11.6 Å². The van der Waals surface area contributed by atoms with Crippen molar-refractivity contribution in [2.24, 2.45) is 22.2 Å². The lowest BCUT2D eigenvalue weighted by Gasteiger charge is -2.46. The SMILES string of the molecule is CC(=O)C=C(C)C12CCCC3(C)C1CCC3(C)C2. The quantitative estimate of drug-likeness (QED) is 0.655. The summed E-state index contributed by atoms with van der Waals surface area (Å²) < 4.78 is 0. The van der Waals surface area contributed by atoms with Gasteiger partial charge in [0.25, 0.3) is 0 Å². The highest BCUT2D eigenvalue weighted by Crippen LogP contribution is 2.78. The van der Waals surface area contributed by atoms with Crippen molar-refractivity contribution in [2.75, 3.05) is 0 Å². The van der Waals surface area contributed by atoms with Crippen LogP contribution in [0.15, 0.2) is 11.6 Å². The molecule has 3 fully saturated rings. The molecular weight excluding hydrogens is 220 g/mol. The van der Waals surface area contributed by atoms with Gasteiger partial charge in [-0.25, -0.2) is 0 Å². The standard InChI is InChI=1S/C17H26O/c1-12(10-13(2)18)17-8-5-7-16(4)14(17)6-9-15(16,3)11-17/h10,14H,5-9,11H2,1-4H3. The molecule has 0 aromatic heterocycles. The molecule has 4 atom stereocenters. The van der Waals surface area contributed by atoms with Crippen molar-refractivity contribution < 1.29 is 4.79 Å². The second kappa shape index (κ2) is 3.49. The maximum Gasteiger partial charge on any atom is 0.152 e. The molecule has 0 aromatic rings. The molecule has 0 aliphatic heterocycles. The summed E-state index contributed by atoms with van der Waals surface area (Å²) in [6, 6.07) is 0. The first-order valence-electron chi connectivity index (χ1n) is 7.53. The Hall–Kier alpha value is -0.590. The maximum absolute atomic E-state index is 11.5. The van der Waals surface area contributed by atoms with Gasteiger partial charge in [0.2, 0.25) is 0 Å². The van der Waals surface area contributed by atoms with E-state index in [0.717, 1.165) is 5.92 Å². The fourth-order valence-electron chi connectivity index (χ4n) is 6.05. The van der Waals surface area contributed by atoms with Gasteiger partial charge in [-0.3, -0.25) is 4.79 Å². The zero-order chi connectivity index (χ0) is 13.2. The van der Waals surface area contributed by atoms with Crippen molar-refractivity contribution in [1.29, 1.82) is 0 Å². The normalized spacial score (nSPS) is 50.7. The van der Waals surface area contributed by atoms with E-state index in [4.69, 9.17) is 0 Å². The molecule has 4 bridgehead atoms. The number of carbonyl (C=O) groups excluding carboxylic acids is 1. The Kier molecular flexibility index (Phi) is 2.41. The Bertz CT molecular complexity index is 435. The summed E-state index contributed by atoms with van der Waals surface area (Å²) in [7, 11) is 0. The van der Waals surface area contributed by atoms with Gasteiger partial charge in [-0.1, -0.05) is 25.8 Å². The van der Waals surface area contributed by atoms with Crippen LogP contribution in [0, 0.1) is 22.2 Å². The van der Waals surface area contributed by atoms with Gasteiger partial charge >= 0.3 is 0 Å². The minimum atomic E-state index is 0.224. The van der Waals surface area contributed by atoms with E-state index in [2.05, 4.69) is 20.8 Å². The molecule has 1 heteroatoms. The summed E-state index contributed by atoms with van der Waals surface area (Å²) >= 11 is 0. The largest absolute Gasteiger partial charge is 0.295 e. The summed E-state index contributed by atoms with van der Waals surface area (Å²) in [5.41, 5.74) is 2.82. The minimum absolute atomic E-state index is 0.224. The number of hydrogen-bond donors (Lipinski definition) is 0. The molecule has 100 valence electrons. The van der Waals surface area contributed by atoms with E-state index in [-0.39, 0.29) is 5.78 Å². The van der Waals surface area contributed by atoms with Gasteiger partial charge in [-0.05, 0) is 74.2 Å². The zero-order valence-corrected chi connectivity index (χ0v) is 12.3. The average Bonchev–Trinajstić information content (AvgIpc) is 2.56. The molecule has 4 unspecified atom stereocenters. The van der Waals surface area contributed by atoms with E-state index in [1.54, 1.807) is 6.92 Å². The molecule has 0 radical (unpaired) electrons. The second-order valence-corrected chi connectivity index (χ2v) is 7.69. The average molecular weight is 246 g/mol. The van der Waals surface area contributed by atoms with Gasteiger partial charge in [-0.15, -0.1) is 0 Å². The first-order valence-corrected chi connectivity index (χ1v) is 7.53. The van der Waals surface area contributed by atoms with Gasteiger partial charge in [0, 0.05) is 0 Å². The molecule has 3 aliphatic rings. The smallest absolute Gasteiger partial charge is 0.152 e. The van der Waals surface area contributed by atoms with Crippen molar-refractivity contribution in [1.82, 2.24) is 0 Å². The lowest BCUT2D eigenvalue weighted by molar-refractivity contribution is -0.112. The van der Waals surface area contributed by atoms with Crippen LogP contribution >= 0.6 is 0 Å². The Morgan fingerprint density at radius 3 is 2.56 bits per heavy atom. The Labute approximate surface area is 111 Å². The monoisotopic (exact) mass is 246 g/mol. The van der Waals surface area contributed by atoms with Gasteiger partial charge in [0.1, 0.15) is 0 Å². The molecule has 0 amide bonds.